The van der Waals surface area contributed by atoms with Crippen LogP contribution in [0.5, 0.6) is 0 Å². The summed E-state index contributed by atoms with van der Waals surface area (Å²) in [5, 5.41) is 16.2. The van der Waals surface area contributed by atoms with Crippen molar-refractivity contribution < 1.29 is 37.2 Å². The van der Waals surface area contributed by atoms with Crippen LogP contribution >= 0.6 is 0 Å². The van der Waals surface area contributed by atoms with E-state index in [0.717, 1.165) is 23.1 Å². The highest BCUT2D eigenvalue weighted by Crippen LogP contribution is 2.49. The minimum Gasteiger partial charge on any atom is -0.361 e. The molecule has 2 aromatic rings. The first-order chi connectivity index (χ1) is 22.0. The van der Waals surface area contributed by atoms with Crippen LogP contribution < -0.4 is 5.32 Å². The molecule has 0 bridgehead atoms. The fourth-order valence-electron chi connectivity index (χ4n) is 7.97. The number of aromatic amines is 1. The summed E-state index contributed by atoms with van der Waals surface area (Å²) in [5.74, 6) is -4.56. The zero-order valence-electron chi connectivity index (χ0n) is 27.7. The Hall–Kier alpha value is -3.30. The highest BCUT2D eigenvalue weighted by Gasteiger charge is 2.72. The summed E-state index contributed by atoms with van der Waals surface area (Å²) < 4.78 is 33.3. The molecule has 47 heavy (non-hydrogen) atoms. The van der Waals surface area contributed by atoms with Gasteiger partial charge in [-0.05, 0) is 61.9 Å². The number of H-pyrrole nitrogens is 1. The summed E-state index contributed by atoms with van der Waals surface area (Å²) in [6.07, 6.45) is 6.21. The van der Waals surface area contributed by atoms with Gasteiger partial charge in [0.25, 0.3) is 21.9 Å². The van der Waals surface area contributed by atoms with Gasteiger partial charge in [-0.3, -0.25) is 33.5 Å². The number of ether oxygens (including phenoxy) is 1. The summed E-state index contributed by atoms with van der Waals surface area (Å²) in [7, 11) is -1.63. The van der Waals surface area contributed by atoms with Crippen LogP contribution in [-0.2, 0) is 35.7 Å². The molecule has 6 atom stereocenters. The number of benzene rings is 1. The molecule has 3 amide bonds. The maximum Gasteiger partial charge on any atom is 0.281 e. The Morgan fingerprint density at radius 3 is 2.55 bits per heavy atom. The van der Waals surface area contributed by atoms with E-state index in [9.17, 15) is 27.9 Å². The number of aliphatic hydroxyl groups is 1. The molecule has 1 aliphatic carbocycles. The lowest BCUT2D eigenvalue weighted by atomic mass is 9.79. The Balaban J connectivity index is 0.000000591. The molecule has 14 heteroatoms. The van der Waals surface area contributed by atoms with Gasteiger partial charge >= 0.3 is 0 Å². The lowest BCUT2D eigenvalue weighted by molar-refractivity contribution is -0.323. The monoisotopic (exact) mass is 671 g/mol. The fourth-order valence-corrected chi connectivity index (χ4v) is 7.97. The summed E-state index contributed by atoms with van der Waals surface area (Å²) in [6, 6.07) is 4.80. The Morgan fingerprint density at radius 1 is 1.21 bits per heavy atom. The van der Waals surface area contributed by atoms with Crippen LogP contribution in [0.4, 0.5) is 0 Å². The number of fused-ring (bicyclic) bond motifs is 5. The minimum absolute atomic E-state index is 0.150. The van der Waals surface area contributed by atoms with E-state index in [2.05, 4.69) is 33.5 Å². The van der Waals surface area contributed by atoms with Gasteiger partial charge < -0.3 is 20.3 Å². The number of amides is 3. The second-order valence-corrected chi connectivity index (χ2v) is 15.7. The van der Waals surface area contributed by atoms with Crippen molar-refractivity contribution in [2.24, 2.45) is 17.8 Å². The summed E-state index contributed by atoms with van der Waals surface area (Å²) in [5.41, 5.74) is 2.78. The first kappa shape index (κ1) is 33.6. The molecule has 3 saturated heterocycles. The Kier molecular flexibility index (Phi) is 8.36. The van der Waals surface area contributed by atoms with Crippen molar-refractivity contribution in [1.29, 1.82) is 0 Å². The summed E-state index contributed by atoms with van der Waals surface area (Å²) in [6.45, 7) is 9.69. The highest BCUT2D eigenvalue weighted by atomic mass is 32.2. The molecule has 0 unspecified atom stereocenters. The van der Waals surface area contributed by atoms with Gasteiger partial charge in [-0.1, -0.05) is 45.9 Å². The predicted octanol–water partition coefficient (Wildman–Crippen LogP) is 1.93. The summed E-state index contributed by atoms with van der Waals surface area (Å²) >= 11 is 0. The minimum atomic E-state index is -3.66. The number of rotatable bonds is 5. The van der Waals surface area contributed by atoms with Crippen molar-refractivity contribution >= 4 is 44.3 Å². The third-order valence-corrected chi connectivity index (χ3v) is 11.1. The molecule has 13 nitrogen and oxygen atoms in total. The highest BCUT2D eigenvalue weighted by molar-refractivity contribution is 7.85. The molecule has 4 aliphatic heterocycles. The van der Waals surface area contributed by atoms with Crippen LogP contribution in [0.3, 0.4) is 0 Å². The topological polar surface area (TPSA) is 173 Å². The van der Waals surface area contributed by atoms with Gasteiger partial charge in [0.2, 0.25) is 17.5 Å². The van der Waals surface area contributed by atoms with Crippen LogP contribution in [0.25, 0.3) is 16.5 Å². The predicted molar refractivity (Wildman–Crippen MR) is 174 cm³/mol. The molecule has 1 aromatic carbocycles. The normalized spacial score (nSPS) is 31.8. The van der Waals surface area contributed by atoms with E-state index in [0.29, 0.717) is 25.9 Å². The number of hydrogen-bond donors (Lipinski definition) is 4. The van der Waals surface area contributed by atoms with Gasteiger partial charge in [0.05, 0.1) is 11.7 Å². The molecule has 5 aliphatic rings. The first-order valence-electron chi connectivity index (χ1n) is 16.4. The van der Waals surface area contributed by atoms with E-state index in [1.54, 1.807) is 18.7 Å². The average Bonchev–Trinajstić information content (AvgIpc) is 3.72. The molecule has 4 N–H and O–H groups in total. The van der Waals surface area contributed by atoms with Crippen LogP contribution in [0.1, 0.15) is 58.6 Å². The molecule has 0 spiro atoms. The van der Waals surface area contributed by atoms with E-state index in [-0.39, 0.29) is 29.5 Å². The maximum atomic E-state index is 14.3. The Bertz CT molecular complexity index is 1750. The molecule has 3 fully saturated rings. The zero-order chi connectivity index (χ0) is 34.2. The lowest BCUT2D eigenvalue weighted by Gasteiger charge is -2.49. The molecule has 7 rings (SSSR count). The Morgan fingerprint density at radius 2 is 1.91 bits per heavy atom. The summed E-state index contributed by atoms with van der Waals surface area (Å²) in [4.78, 5) is 50.4. The zero-order valence-corrected chi connectivity index (χ0v) is 28.5. The first-order valence-corrected chi connectivity index (χ1v) is 18.0. The Labute approximate surface area is 275 Å². The largest absolute Gasteiger partial charge is 0.361 e. The van der Waals surface area contributed by atoms with Crippen LogP contribution in [-0.4, -0.2) is 111 Å². The smallest absolute Gasteiger partial charge is 0.281 e. The average molecular weight is 672 g/mol. The fraction of sp³-hybridized carbons (Fsp3) is 0.606. The van der Waals surface area contributed by atoms with Crippen molar-refractivity contribution in [2.45, 2.75) is 83.6 Å². The third-order valence-electron chi connectivity index (χ3n) is 10.4. The van der Waals surface area contributed by atoms with Gasteiger partial charge in [0, 0.05) is 42.1 Å². The lowest BCUT2D eigenvalue weighted by Crippen LogP contribution is -2.72. The molecule has 256 valence electrons. The van der Waals surface area contributed by atoms with Gasteiger partial charge in [-0.2, -0.15) is 8.42 Å². The van der Waals surface area contributed by atoms with Gasteiger partial charge in [0.1, 0.15) is 12.1 Å². The number of hydrogen-bond acceptors (Lipinski definition) is 8. The molecular weight excluding hydrogens is 626 g/mol. The second-order valence-electron chi connectivity index (χ2n) is 14.0. The van der Waals surface area contributed by atoms with Crippen LogP contribution in [0.2, 0.25) is 0 Å². The van der Waals surface area contributed by atoms with E-state index in [1.807, 2.05) is 33.0 Å². The number of likely N-dealkylation sites (N-methyl/N-ethyl adjacent to an activating group) is 1. The van der Waals surface area contributed by atoms with Crippen LogP contribution in [0.15, 0.2) is 30.5 Å². The number of nitrogens with one attached hydrogen (secondary N) is 2. The standard InChI is InChI=1S/C31H39N5O5.C2H6O3S/c1-16(2)26-28(38)35-11-7-10-24(35)31(40)36(26)29(39)30(41-31,17(3)4)33-27(37)19-12-21-20-8-6-9-22-25(20)18(14-32-22)13-23(21)34(5)15-19;1-2-6(3,4)5/h6,8-9,12,14,16-17,19,23-24,26,32,40H,7,10-11,13,15H2,1-5H3,(H,33,37);2H2,1H3,(H,3,4,5)/t19-,23-,24+,26+,30-,31+;/m1./s1. The molecule has 0 radical (unpaired) electrons. The molecule has 5 heterocycles. The quantitative estimate of drug-likeness (QED) is 0.347. The molecule has 0 saturated carbocycles. The number of nitrogens with zero attached hydrogens (tertiary/aromatic N) is 3. The number of piperazine rings is 1. The van der Waals surface area contributed by atoms with Gasteiger partial charge in [-0.15, -0.1) is 0 Å². The van der Waals surface area contributed by atoms with E-state index in [4.69, 9.17) is 9.29 Å². The SMILES string of the molecule is CC(C)[C@H]1C(=O)N2CCC[C@H]2[C@]2(O)O[C@](NC(=O)[C@@H]3C=C4c5cccc6[nH]cc(c56)C[C@H]4N(C)C3)(C(C)C)C(=O)N12.CCS(=O)(=O)O. The van der Waals surface area contributed by atoms with Gasteiger partial charge in [0.15, 0.2) is 0 Å². The number of carbonyl (C=O) groups excluding carboxylic acids is 3. The van der Waals surface area contributed by atoms with Crippen molar-refractivity contribution in [3.8, 4) is 0 Å². The van der Waals surface area contributed by atoms with Crippen molar-refractivity contribution in [2.75, 3.05) is 25.9 Å². The molecular formula is C33H45N5O8S. The second kappa shape index (κ2) is 11.7. The van der Waals surface area contributed by atoms with Crippen molar-refractivity contribution in [3.05, 3.63) is 41.6 Å². The number of aromatic nitrogens is 1. The van der Waals surface area contributed by atoms with E-state index >= 15 is 0 Å². The van der Waals surface area contributed by atoms with E-state index in [1.165, 1.54) is 22.8 Å². The van der Waals surface area contributed by atoms with Gasteiger partial charge in [-0.25, -0.2) is 0 Å². The van der Waals surface area contributed by atoms with Crippen molar-refractivity contribution in [1.82, 2.24) is 25.0 Å². The van der Waals surface area contributed by atoms with E-state index < -0.39 is 51.6 Å². The number of carbonyl (C=O) groups is 3. The van der Waals surface area contributed by atoms with Crippen molar-refractivity contribution in [3.63, 3.8) is 0 Å². The third kappa shape index (κ3) is 5.28. The van der Waals surface area contributed by atoms with Crippen LogP contribution in [0, 0.1) is 17.8 Å². The maximum absolute atomic E-state index is 14.3. The molecule has 1 aromatic heterocycles.